The van der Waals surface area contributed by atoms with Crippen molar-refractivity contribution in [1.29, 1.82) is 0 Å². The second-order valence-corrected chi connectivity index (χ2v) is 4.69. The van der Waals surface area contributed by atoms with Crippen LogP contribution in [-0.2, 0) is 9.47 Å². The van der Waals surface area contributed by atoms with Gasteiger partial charge in [0, 0.05) is 6.61 Å². The Morgan fingerprint density at radius 2 is 2.08 bits per heavy atom. The Balaban J connectivity index is 2.39. The second-order valence-electron chi connectivity index (χ2n) is 4.13. The van der Waals surface area contributed by atoms with E-state index in [1.54, 1.807) is 0 Å². The van der Waals surface area contributed by atoms with Gasteiger partial charge in [0.15, 0.2) is 6.29 Å². The summed E-state index contributed by atoms with van der Waals surface area (Å²) in [5.74, 6) is 0. The topological polar surface area (TPSA) is 18.5 Å². The lowest BCUT2D eigenvalue weighted by atomic mass is 10.1. The van der Waals surface area contributed by atoms with Crippen molar-refractivity contribution >= 4 is 11.6 Å². The minimum Gasteiger partial charge on any atom is -0.351 e. The lowest BCUT2D eigenvalue weighted by Gasteiger charge is -2.33. The number of rotatable bonds is 1. The van der Waals surface area contributed by atoms with Crippen molar-refractivity contribution in [1.82, 2.24) is 0 Å². The first-order chi connectivity index (χ1) is 5.49. The molecule has 1 saturated heterocycles. The highest BCUT2D eigenvalue weighted by Crippen LogP contribution is 2.24. The Morgan fingerprint density at radius 1 is 1.42 bits per heavy atom. The predicted octanol–water partition coefficient (Wildman–Crippen LogP) is 2.55. The van der Waals surface area contributed by atoms with Crippen LogP contribution in [0.3, 0.4) is 0 Å². The molecular formula is C9H17ClO2. The van der Waals surface area contributed by atoms with E-state index in [1.165, 1.54) is 0 Å². The fourth-order valence-corrected chi connectivity index (χ4v) is 1.45. The molecule has 12 heavy (non-hydrogen) atoms. The summed E-state index contributed by atoms with van der Waals surface area (Å²) in [5.41, 5.74) is -0.171. The quantitative estimate of drug-likeness (QED) is 0.595. The molecule has 0 aromatic carbocycles. The van der Waals surface area contributed by atoms with Crippen molar-refractivity contribution in [2.75, 3.05) is 6.61 Å². The Bertz CT molecular complexity index is 142. The highest BCUT2D eigenvalue weighted by molar-refractivity contribution is 6.20. The lowest BCUT2D eigenvalue weighted by Crippen LogP contribution is -2.38. The minimum absolute atomic E-state index is 0.0120. The molecule has 0 aliphatic carbocycles. The van der Waals surface area contributed by atoms with Crippen LogP contribution in [0.15, 0.2) is 0 Å². The minimum atomic E-state index is -0.222. The molecule has 1 heterocycles. The lowest BCUT2D eigenvalue weighted by molar-refractivity contribution is -0.207. The molecule has 2 nitrogen and oxygen atoms in total. The molecule has 3 heteroatoms. The van der Waals surface area contributed by atoms with E-state index < -0.39 is 0 Å². The molecule has 1 aliphatic rings. The van der Waals surface area contributed by atoms with E-state index in [-0.39, 0.29) is 17.3 Å². The highest BCUT2D eigenvalue weighted by Gasteiger charge is 2.28. The van der Waals surface area contributed by atoms with Crippen molar-refractivity contribution in [3.63, 3.8) is 0 Å². The van der Waals surface area contributed by atoms with Gasteiger partial charge < -0.3 is 9.47 Å². The molecule has 0 aromatic rings. The van der Waals surface area contributed by atoms with Gasteiger partial charge in [-0.25, -0.2) is 0 Å². The molecule has 0 saturated carbocycles. The molecule has 0 radical (unpaired) electrons. The summed E-state index contributed by atoms with van der Waals surface area (Å²) in [6, 6.07) is 0. The van der Waals surface area contributed by atoms with E-state index >= 15 is 0 Å². The summed E-state index contributed by atoms with van der Waals surface area (Å²) in [4.78, 5) is 0. The maximum Gasteiger partial charge on any atom is 0.174 e. The van der Waals surface area contributed by atoms with Gasteiger partial charge in [-0.1, -0.05) is 0 Å². The van der Waals surface area contributed by atoms with Crippen molar-refractivity contribution in [3.8, 4) is 0 Å². The SMILES string of the molecule is CC(C)(C)OC1OCCCC1Cl. The van der Waals surface area contributed by atoms with Crippen LogP contribution in [0.2, 0.25) is 0 Å². The summed E-state index contributed by atoms with van der Waals surface area (Å²) >= 11 is 6.04. The van der Waals surface area contributed by atoms with Crippen LogP contribution in [0.1, 0.15) is 33.6 Å². The van der Waals surface area contributed by atoms with Gasteiger partial charge in [0.05, 0.1) is 11.0 Å². The van der Waals surface area contributed by atoms with Crippen molar-refractivity contribution in [2.45, 2.75) is 50.9 Å². The number of hydrogen-bond donors (Lipinski definition) is 0. The maximum atomic E-state index is 6.04. The Kier molecular flexibility index (Phi) is 3.38. The van der Waals surface area contributed by atoms with Crippen LogP contribution >= 0.6 is 11.6 Å². The Morgan fingerprint density at radius 3 is 2.58 bits per heavy atom. The van der Waals surface area contributed by atoms with Gasteiger partial charge in [0.1, 0.15) is 0 Å². The average Bonchev–Trinajstić information content (AvgIpc) is 1.91. The average molecular weight is 193 g/mol. The van der Waals surface area contributed by atoms with E-state index in [0.717, 1.165) is 19.4 Å². The van der Waals surface area contributed by atoms with E-state index in [4.69, 9.17) is 21.1 Å². The van der Waals surface area contributed by atoms with Crippen molar-refractivity contribution in [3.05, 3.63) is 0 Å². The van der Waals surface area contributed by atoms with Gasteiger partial charge in [-0.15, -0.1) is 11.6 Å². The zero-order chi connectivity index (χ0) is 9.19. The third kappa shape index (κ3) is 3.30. The molecule has 0 bridgehead atoms. The molecule has 1 aliphatic heterocycles. The van der Waals surface area contributed by atoms with Crippen LogP contribution in [0.25, 0.3) is 0 Å². The molecule has 72 valence electrons. The molecule has 2 unspecified atom stereocenters. The van der Waals surface area contributed by atoms with Crippen LogP contribution in [-0.4, -0.2) is 23.9 Å². The molecule has 2 atom stereocenters. The second kappa shape index (κ2) is 3.95. The van der Waals surface area contributed by atoms with Crippen LogP contribution in [0.4, 0.5) is 0 Å². The fourth-order valence-electron chi connectivity index (χ4n) is 1.17. The summed E-state index contributed by atoms with van der Waals surface area (Å²) in [7, 11) is 0. The van der Waals surface area contributed by atoms with Gasteiger partial charge in [0.25, 0.3) is 0 Å². The summed E-state index contributed by atoms with van der Waals surface area (Å²) in [5, 5.41) is 0.0120. The standard InChI is InChI=1S/C9H17ClO2/c1-9(2,3)12-8-7(10)5-4-6-11-8/h7-8H,4-6H2,1-3H3. The Hall–Kier alpha value is 0.210. The Labute approximate surface area is 79.2 Å². The zero-order valence-electron chi connectivity index (χ0n) is 7.97. The maximum absolute atomic E-state index is 6.04. The van der Waals surface area contributed by atoms with Gasteiger partial charge in [-0.3, -0.25) is 0 Å². The first-order valence-electron chi connectivity index (χ1n) is 4.42. The van der Waals surface area contributed by atoms with E-state index in [1.807, 2.05) is 20.8 Å². The highest BCUT2D eigenvalue weighted by atomic mass is 35.5. The first kappa shape index (κ1) is 10.3. The fraction of sp³-hybridized carbons (Fsp3) is 1.00. The van der Waals surface area contributed by atoms with Gasteiger partial charge in [0.2, 0.25) is 0 Å². The van der Waals surface area contributed by atoms with Gasteiger partial charge >= 0.3 is 0 Å². The zero-order valence-corrected chi connectivity index (χ0v) is 8.73. The third-order valence-corrected chi connectivity index (χ3v) is 2.10. The molecule has 0 aromatic heterocycles. The largest absolute Gasteiger partial charge is 0.351 e. The predicted molar refractivity (Wildman–Crippen MR) is 49.5 cm³/mol. The van der Waals surface area contributed by atoms with Crippen LogP contribution in [0, 0.1) is 0 Å². The number of alkyl halides is 1. The normalized spacial score (nSPS) is 32.0. The summed E-state index contributed by atoms with van der Waals surface area (Å²) < 4.78 is 11.0. The number of ether oxygens (including phenoxy) is 2. The van der Waals surface area contributed by atoms with E-state index in [9.17, 15) is 0 Å². The van der Waals surface area contributed by atoms with Gasteiger partial charge in [-0.05, 0) is 33.6 Å². The van der Waals surface area contributed by atoms with E-state index in [0.29, 0.717) is 0 Å². The molecule has 1 fully saturated rings. The molecule has 0 amide bonds. The molecule has 1 rings (SSSR count). The smallest absolute Gasteiger partial charge is 0.174 e. The van der Waals surface area contributed by atoms with Gasteiger partial charge in [-0.2, -0.15) is 0 Å². The summed E-state index contributed by atoms with van der Waals surface area (Å²) in [6.45, 7) is 6.79. The van der Waals surface area contributed by atoms with E-state index in [2.05, 4.69) is 0 Å². The molecular weight excluding hydrogens is 176 g/mol. The van der Waals surface area contributed by atoms with Crippen molar-refractivity contribution in [2.24, 2.45) is 0 Å². The molecule has 0 N–H and O–H groups in total. The molecule has 0 spiro atoms. The summed E-state index contributed by atoms with van der Waals surface area (Å²) in [6.07, 6.45) is 1.81. The third-order valence-electron chi connectivity index (χ3n) is 1.67. The van der Waals surface area contributed by atoms with Crippen LogP contribution in [0.5, 0.6) is 0 Å². The number of hydrogen-bond acceptors (Lipinski definition) is 2. The van der Waals surface area contributed by atoms with Crippen molar-refractivity contribution < 1.29 is 9.47 Å². The monoisotopic (exact) mass is 192 g/mol. The first-order valence-corrected chi connectivity index (χ1v) is 4.86. The van der Waals surface area contributed by atoms with Crippen LogP contribution < -0.4 is 0 Å². The number of halogens is 1.